The van der Waals surface area contributed by atoms with Gasteiger partial charge in [0.05, 0.1) is 36.6 Å². The summed E-state index contributed by atoms with van der Waals surface area (Å²) in [7, 11) is 9.54. The molecule has 0 saturated heterocycles. The monoisotopic (exact) mass is 1720 g/mol. The second-order valence-electron chi connectivity index (χ2n) is 34.4. The van der Waals surface area contributed by atoms with Crippen molar-refractivity contribution in [2.75, 3.05) is 83.8 Å². The van der Waals surface area contributed by atoms with Crippen molar-refractivity contribution in [3.05, 3.63) is 307 Å². The standard InChI is InChI=1S/C26H25Cl2N3O2.C26H27ClN2O3S.C23H27ClN2O.C22H27ClN2O/c1-31-11-10-16-13-21(28)24(32)14-19(16)25-18-8-7-17(12-15(18)6-9-23(25)31)29-26(33)30-22-5-3-2-4-20(22)27;1-29-12-11-19-14-23(27)25(30)15-22(19)26-21-9-8-20(13-18(21)7-10-24(26)29)28-33(31,32)16-17-5-3-2-4-6-17;1-26-10-9-14-11-20(24)22(27)12-19(14)23-18-4-2-3-15(13-25-16-5-6-16)17(18)7-8-21(23)26;1-24(2)13-15-5-4-6-17-16(15)7-8-20-22(17)18-12-21(26)19(23)11-14(18)9-10-25(20)3/h2-5,7-8,12-14,23,25,32H,6,9-11H2,1H3,(H2,29,30,33);2-6,8-9,13-15,24,26,28,30H,7,10-12,16H2,1H3;2-4,11-12,16,21,23,25,27H,5-10,13H2,1H3;4-6,11-12,20,22,26H,7-10,13H2,1-3H3/t23-,25+;24-,26+;21-,23+;20-,22+/m0000/s1. The normalized spacial score (nSPS) is 21.6. The Kier molecular flexibility index (Phi) is 25.5. The molecule has 119 heavy (non-hydrogen) atoms. The van der Waals surface area contributed by atoms with Gasteiger partial charge in [0, 0.05) is 105 Å². The average Bonchev–Trinajstić information content (AvgIpc) is 1.75. The summed E-state index contributed by atoms with van der Waals surface area (Å²) in [4.78, 5) is 24.6. The molecule has 16 nitrogen and oxygen atoms in total. The van der Waals surface area contributed by atoms with Crippen molar-refractivity contribution in [1.29, 1.82) is 0 Å². The lowest BCUT2D eigenvalue weighted by atomic mass is 9.73. The van der Waals surface area contributed by atoms with Crippen LogP contribution < -0.4 is 20.7 Å². The van der Waals surface area contributed by atoms with Gasteiger partial charge in [-0.05, 0) is 323 Å². The van der Waals surface area contributed by atoms with Crippen molar-refractivity contribution < 1.29 is 33.6 Å². The van der Waals surface area contributed by atoms with Gasteiger partial charge in [0.2, 0.25) is 10.0 Å². The number of sulfonamides is 1. The van der Waals surface area contributed by atoms with Crippen LogP contribution in [-0.4, -0.2) is 158 Å². The van der Waals surface area contributed by atoms with Crippen LogP contribution in [0.3, 0.4) is 0 Å². The van der Waals surface area contributed by atoms with E-state index in [0.717, 1.165) is 156 Å². The molecule has 19 rings (SSSR count). The zero-order chi connectivity index (χ0) is 83.2. The number of aromatic hydroxyl groups is 4. The van der Waals surface area contributed by atoms with Crippen molar-refractivity contribution in [3.63, 3.8) is 0 Å². The molecule has 1 saturated carbocycles. The zero-order valence-electron chi connectivity index (χ0n) is 68.3. The minimum absolute atomic E-state index is 0.0617. The molecule has 1 fully saturated rings. The van der Waals surface area contributed by atoms with Crippen LogP contribution in [0.15, 0.2) is 176 Å². The van der Waals surface area contributed by atoms with Gasteiger partial charge in [0.15, 0.2) is 0 Å². The highest BCUT2D eigenvalue weighted by Crippen LogP contribution is 2.51. The van der Waals surface area contributed by atoms with Crippen molar-refractivity contribution in [3.8, 4) is 23.0 Å². The minimum Gasteiger partial charge on any atom is -0.506 e. The van der Waals surface area contributed by atoms with Crippen LogP contribution in [0.1, 0.15) is 168 Å². The lowest BCUT2D eigenvalue weighted by Gasteiger charge is -2.39. The van der Waals surface area contributed by atoms with Crippen LogP contribution in [0.4, 0.5) is 21.9 Å². The maximum atomic E-state index is 12.7. The highest BCUT2D eigenvalue weighted by molar-refractivity contribution is 7.91. The molecule has 10 aromatic rings. The SMILES string of the molecule is CN(C)Cc1cccc2c1CC[C@H]1[C@H]2c2cc(O)c(Cl)cc2CCN1C.CN1CCc2cc(Cl)c(O)cc2[C@H]2c3ccc(NC(=O)Nc4ccccc4Cl)cc3CC[C@@H]21.CN1CCc2cc(Cl)c(O)cc2[C@H]2c3ccc(NS(=O)(=O)Cc4ccccc4)cc3CC[C@@H]21.CN1CCc2cc(Cl)c(O)cc2[C@H]2c3cccc(CNC4CC4)c3CC[C@@H]21. The Balaban J connectivity index is 0.000000119. The summed E-state index contributed by atoms with van der Waals surface area (Å²) >= 11 is 31.1. The first-order valence-corrected chi connectivity index (χ1v) is 45.4. The Morgan fingerprint density at radius 3 is 1.24 bits per heavy atom. The van der Waals surface area contributed by atoms with E-state index in [1.165, 1.54) is 90.7 Å². The number of phenolic OH excluding ortho intramolecular Hbond substituents is 4. The number of benzene rings is 10. The Hall–Kier alpha value is -8.37. The molecule has 22 heteroatoms. The topological polar surface area (TPSA) is 196 Å². The molecular weight excluding hydrogens is 1610 g/mol. The quantitative estimate of drug-likeness (QED) is 0.0610. The molecule has 0 spiro atoms. The third-order valence-electron chi connectivity index (χ3n) is 26.5. The summed E-state index contributed by atoms with van der Waals surface area (Å²) in [5, 5.41) is 52.9. The van der Waals surface area contributed by atoms with E-state index in [-0.39, 0.29) is 46.6 Å². The van der Waals surface area contributed by atoms with E-state index >= 15 is 0 Å². The van der Waals surface area contributed by atoms with Gasteiger partial charge in [0.1, 0.15) is 23.0 Å². The first-order valence-electron chi connectivity index (χ1n) is 41.9. The second kappa shape index (κ2) is 36.0. The molecule has 0 unspecified atom stereocenters. The Morgan fingerprint density at radius 1 is 0.403 bits per heavy atom. The summed E-state index contributed by atoms with van der Waals surface area (Å²) in [6.45, 7) is 5.89. The molecule has 10 aromatic carbocycles. The third kappa shape index (κ3) is 18.4. The van der Waals surface area contributed by atoms with E-state index in [2.05, 4.69) is 136 Å². The van der Waals surface area contributed by atoms with Crippen molar-refractivity contribution in [2.45, 2.75) is 163 Å². The number of rotatable bonds is 11. The number of amides is 2. The number of phenols is 4. The van der Waals surface area contributed by atoms with Crippen LogP contribution >= 0.6 is 58.0 Å². The molecule has 9 aliphatic rings. The molecule has 622 valence electrons. The highest BCUT2D eigenvalue weighted by atomic mass is 35.5. The number of fused-ring (bicyclic) bond motifs is 20. The number of nitrogens with one attached hydrogen (secondary N) is 4. The number of halogens is 5. The maximum absolute atomic E-state index is 12.7. The van der Waals surface area contributed by atoms with Crippen LogP contribution in [0.2, 0.25) is 25.1 Å². The number of aryl methyl sites for hydroxylation is 2. The zero-order valence-corrected chi connectivity index (χ0v) is 72.9. The molecule has 0 radical (unpaired) electrons. The Morgan fingerprint density at radius 2 is 0.798 bits per heavy atom. The van der Waals surface area contributed by atoms with Crippen molar-refractivity contribution in [1.82, 2.24) is 29.8 Å². The van der Waals surface area contributed by atoms with Gasteiger partial charge >= 0.3 is 6.03 Å². The first kappa shape index (κ1) is 84.2. The lowest BCUT2D eigenvalue weighted by Crippen LogP contribution is -2.40. The summed E-state index contributed by atoms with van der Waals surface area (Å²) in [5.41, 5.74) is 25.9. The number of likely N-dealkylation sites (N-methyl/N-ethyl adjacent to an activating group) is 4. The predicted octanol–water partition coefficient (Wildman–Crippen LogP) is 19.5. The molecule has 4 aliphatic heterocycles. The van der Waals surface area contributed by atoms with Gasteiger partial charge in [0.25, 0.3) is 0 Å². The predicted molar refractivity (Wildman–Crippen MR) is 483 cm³/mol. The number of carbonyl (C=O) groups excluding carboxylic acids is 1. The number of para-hydroxylation sites is 1. The van der Waals surface area contributed by atoms with Gasteiger partial charge < -0.3 is 60.9 Å². The number of urea groups is 1. The third-order valence-corrected chi connectivity index (χ3v) is 29.3. The van der Waals surface area contributed by atoms with Crippen molar-refractivity contribution in [2.24, 2.45) is 0 Å². The van der Waals surface area contributed by atoms with Gasteiger partial charge in [-0.15, -0.1) is 0 Å². The number of nitrogens with zero attached hydrogens (tertiary/aromatic N) is 5. The van der Waals surface area contributed by atoms with Crippen LogP contribution in [0, 0.1) is 0 Å². The van der Waals surface area contributed by atoms with E-state index in [1.807, 2.05) is 115 Å². The first-order chi connectivity index (χ1) is 57.3. The molecule has 0 bridgehead atoms. The smallest absolute Gasteiger partial charge is 0.323 e. The fourth-order valence-electron chi connectivity index (χ4n) is 20.4. The van der Waals surface area contributed by atoms with E-state index in [9.17, 15) is 33.6 Å². The molecule has 2 amide bonds. The average molecular weight is 1720 g/mol. The highest BCUT2D eigenvalue weighted by Gasteiger charge is 2.43. The molecular formula is C97H106Cl5N9O7S. The van der Waals surface area contributed by atoms with E-state index in [1.54, 1.807) is 12.1 Å². The number of hydrogen-bond donors (Lipinski definition) is 8. The minimum atomic E-state index is -3.52. The van der Waals surface area contributed by atoms with Crippen LogP contribution in [0.5, 0.6) is 23.0 Å². The van der Waals surface area contributed by atoms with Gasteiger partial charge in [-0.3, -0.25) is 4.72 Å². The van der Waals surface area contributed by atoms with E-state index in [4.69, 9.17) is 58.0 Å². The van der Waals surface area contributed by atoms with E-state index in [0.29, 0.717) is 72.5 Å². The van der Waals surface area contributed by atoms with E-state index < -0.39 is 10.0 Å². The van der Waals surface area contributed by atoms with Gasteiger partial charge in [-0.1, -0.05) is 149 Å². The number of hydrogen-bond acceptors (Lipinski definition) is 13. The van der Waals surface area contributed by atoms with Gasteiger partial charge in [-0.25, -0.2) is 13.2 Å². The second-order valence-corrected chi connectivity index (χ2v) is 38.1. The summed E-state index contributed by atoms with van der Waals surface area (Å²) < 4.78 is 28.2. The molecule has 8 atom stereocenters. The number of anilines is 3. The fourth-order valence-corrected chi connectivity index (χ4v) is 22.5. The lowest BCUT2D eigenvalue weighted by molar-refractivity contribution is 0.213. The van der Waals surface area contributed by atoms with Crippen molar-refractivity contribution >= 4 is 91.1 Å². The fraction of sp³-hybridized carbons (Fsp3) is 0.371. The summed E-state index contributed by atoms with van der Waals surface area (Å²) in [6, 6.07) is 59.1. The number of carbonyl (C=O) groups is 1. The van der Waals surface area contributed by atoms with Gasteiger partial charge in [-0.2, -0.15) is 0 Å². The molecule has 0 aromatic heterocycles. The Bertz CT molecular complexity index is 5580. The molecule has 8 N–H and O–H groups in total. The van der Waals surface area contributed by atoms with Crippen LogP contribution in [0.25, 0.3) is 0 Å². The summed E-state index contributed by atoms with van der Waals surface area (Å²) in [5.74, 6) is 1.43. The van der Waals surface area contributed by atoms with Crippen LogP contribution in [-0.2, 0) is 80.2 Å². The Labute approximate surface area is 725 Å². The molecule has 4 heterocycles. The summed E-state index contributed by atoms with van der Waals surface area (Å²) in [6.07, 6.45) is 14.7. The largest absolute Gasteiger partial charge is 0.506 e. The maximum Gasteiger partial charge on any atom is 0.323 e. The molecule has 5 aliphatic carbocycles.